The molecule has 1 heterocycles. The van der Waals surface area contributed by atoms with Gasteiger partial charge in [-0.3, -0.25) is 4.79 Å². The second-order valence-corrected chi connectivity index (χ2v) is 5.47. The number of hydrogen-bond donors (Lipinski definition) is 3. The summed E-state index contributed by atoms with van der Waals surface area (Å²) in [6.07, 6.45) is 3.48. The molecule has 5 nitrogen and oxygen atoms in total. The first kappa shape index (κ1) is 17.0. The molecule has 0 fully saturated rings. The predicted molar refractivity (Wildman–Crippen MR) is 92.6 cm³/mol. The lowest BCUT2D eigenvalue weighted by Crippen LogP contribution is -2.13. The average molecular weight is 313 g/mol. The molecule has 23 heavy (non-hydrogen) atoms. The Hall–Kier alpha value is -2.40. The highest BCUT2D eigenvalue weighted by Crippen LogP contribution is 2.11. The van der Waals surface area contributed by atoms with E-state index in [9.17, 15) is 4.79 Å². The smallest absolute Gasteiger partial charge is 0.224 e. The van der Waals surface area contributed by atoms with Crippen LogP contribution in [-0.2, 0) is 11.2 Å². The van der Waals surface area contributed by atoms with E-state index in [1.807, 2.05) is 19.1 Å². The van der Waals surface area contributed by atoms with Gasteiger partial charge in [0, 0.05) is 19.6 Å². The van der Waals surface area contributed by atoms with Gasteiger partial charge in [-0.15, -0.1) is 0 Å². The SMILES string of the molecule is Cc1ccc(CCC(=O)Nc2ccc(NCCCO)nc2)cc1. The number of anilines is 2. The number of benzene rings is 1. The monoisotopic (exact) mass is 313 g/mol. The number of carbonyl (C=O) groups is 1. The van der Waals surface area contributed by atoms with Gasteiger partial charge in [-0.2, -0.15) is 0 Å². The maximum atomic E-state index is 12.0. The minimum atomic E-state index is -0.0200. The molecule has 0 radical (unpaired) electrons. The van der Waals surface area contributed by atoms with Gasteiger partial charge < -0.3 is 15.7 Å². The number of aryl methyl sites for hydroxylation is 2. The number of hydrogen-bond acceptors (Lipinski definition) is 4. The molecule has 0 bridgehead atoms. The maximum absolute atomic E-state index is 12.0. The molecule has 0 unspecified atom stereocenters. The lowest BCUT2D eigenvalue weighted by molar-refractivity contribution is -0.116. The Morgan fingerprint density at radius 1 is 1.17 bits per heavy atom. The number of aliphatic hydroxyl groups is 1. The van der Waals surface area contributed by atoms with Crippen LogP contribution in [0.1, 0.15) is 24.0 Å². The molecule has 122 valence electrons. The molecule has 0 spiro atoms. The fraction of sp³-hybridized carbons (Fsp3) is 0.333. The number of aliphatic hydroxyl groups excluding tert-OH is 1. The van der Waals surface area contributed by atoms with Crippen molar-refractivity contribution in [1.29, 1.82) is 0 Å². The minimum absolute atomic E-state index is 0.0200. The van der Waals surface area contributed by atoms with Crippen LogP contribution in [0.2, 0.25) is 0 Å². The number of nitrogens with zero attached hydrogens (tertiary/aromatic N) is 1. The number of aromatic nitrogens is 1. The van der Waals surface area contributed by atoms with Crippen molar-refractivity contribution in [1.82, 2.24) is 4.98 Å². The van der Waals surface area contributed by atoms with Gasteiger partial charge in [-0.1, -0.05) is 29.8 Å². The van der Waals surface area contributed by atoms with Crippen LogP contribution in [0.4, 0.5) is 11.5 Å². The van der Waals surface area contributed by atoms with Crippen molar-refractivity contribution in [3.05, 3.63) is 53.7 Å². The molecule has 0 atom stereocenters. The van der Waals surface area contributed by atoms with E-state index in [1.165, 1.54) is 5.56 Å². The van der Waals surface area contributed by atoms with Crippen LogP contribution in [0.3, 0.4) is 0 Å². The summed E-state index contributed by atoms with van der Waals surface area (Å²) in [6, 6.07) is 11.8. The molecule has 3 N–H and O–H groups in total. The number of rotatable bonds is 8. The number of pyridine rings is 1. The maximum Gasteiger partial charge on any atom is 0.224 e. The van der Waals surface area contributed by atoms with Crippen LogP contribution in [0, 0.1) is 6.92 Å². The van der Waals surface area contributed by atoms with Crippen molar-refractivity contribution in [3.8, 4) is 0 Å². The van der Waals surface area contributed by atoms with Gasteiger partial charge in [0.2, 0.25) is 5.91 Å². The van der Waals surface area contributed by atoms with Crippen molar-refractivity contribution in [2.45, 2.75) is 26.2 Å². The van der Waals surface area contributed by atoms with Gasteiger partial charge in [0.1, 0.15) is 5.82 Å². The molecule has 5 heteroatoms. The van der Waals surface area contributed by atoms with Gasteiger partial charge in [-0.05, 0) is 37.5 Å². The van der Waals surface area contributed by atoms with Gasteiger partial charge >= 0.3 is 0 Å². The molecular formula is C18H23N3O2. The van der Waals surface area contributed by atoms with E-state index in [4.69, 9.17) is 5.11 Å². The third kappa shape index (κ3) is 6.08. The summed E-state index contributed by atoms with van der Waals surface area (Å²) < 4.78 is 0. The largest absolute Gasteiger partial charge is 0.396 e. The molecule has 0 aliphatic heterocycles. The Kier molecular flexibility index (Phi) is 6.56. The van der Waals surface area contributed by atoms with E-state index in [0.717, 1.165) is 17.8 Å². The Morgan fingerprint density at radius 2 is 1.96 bits per heavy atom. The number of carbonyl (C=O) groups excluding carboxylic acids is 1. The highest BCUT2D eigenvalue weighted by molar-refractivity contribution is 5.90. The van der Waals surface area contributed by atoms with E-state index >= 15 is 0 Å². The molecule has 1 aromatic carbocycles. The van der Waals surface area contributed by atoms with Crippen molar-refractivity contribution in [3.63, 3.8) is 0 Å². The quantitative estimate of drug-likeness (QED) is 0.655. The van der Waals surface area contributed by atoms with E-state index in [1.54, 1.807) is 6.20 Å². The summed E-state index contributed by atoms with van der Waals surface area (Å²) in [5, 5.41) is 14.7. The first-order valence-corrected chi connectivity index (χ1v) is 7.83. The highest BCUT2D eigenvalue weighted by Gasteiger charge is 2.04. The molecular weight excluding hydrogens is 290 g/mol. The molecule has 0 aliphatic rings. The standard InChI is InChI=1S/C18H23N3O2/c1-14-3-5-15(6-4-14)7-10-18(23)21-16-8-9-17(20-13-16)19-11-2-12-22/h3-6,8-9,13,22H,2,7,10-12H2,1H3,(H,19,20)(H,21,23). The number of nitrogens with one attached hydrogen (secondary N) is 2. The first-order valence-electron chi connectivity index (χ1n) is 7.83. The zero-order chi connectivity index (χ0) is 16.5. The molecule has 0 saturated heterocycles. The fourth-order valence-electron chi connectivity index (χ4n) is 2.10. The summed E-state index contributed by atoms with van der Waals surface area (Å²) in [7, 11) is 0. The van der Waals surface area contributed by atoms with Gasteiger partial charge in [0.15, 0.2) is 0 Å². The van der Waals surface area contributed by atoms with Crippen LogP contribution >= 0.6 is 0 Å². The summed E-state index contributed by atoms with van der Waals surface area (Å²) in [5.74, 6) is 0.712. The zero-order valence-corrected chi connectivity index (χ0v) is 13.4. The summed E-state index contributed by atoms with van der Waals surface area (Å²) in [6.45, 7) is 2.87. The minimum Gasteiger partial charge on any atom is -0.396 e. The molecule has 1 aromatic heterocycles. The van der Waals surface area contributed by atoms with Crippen molar-refractivity contribution in [2.75, 3.05) is 23.8 Å². The van der Waals surface area contributed by atoms with Crippen LogP contribution in [0.5, 0.6) is 0 Å². The molecule has 2 aromatic rings. The Labute approximate surface area is 136 Å². The predicted octanol–water partition coefficient (Wildman–Crippen LogP) is 2.76. The van der Waals surface area contributed by atoms with E-state index < -0.39 is 0 Å². The van der Waals surface area contributed by atoms with E-state index in [-0.39, 0.29) is 12.5 Å². The third-order valence-electron chi connectivity index (χ3n) is 3.45. The van der Waals surface area contributed by atoms with Crippen LogP contribution < -0.4 is 10.6 Å². The van der Waals surface area contributed by atoms with Crippen LogP contribution in [-0.4, -0.2) is 29.1 Å². The lowest BCUT2D eigenvalue weighted by Gasteiger charge is -2.07. The van der Waals surface area contributed by atoms with Gasteiger partial charge in [0.25, 0.3) is 0 Å². The van der Waals surface area contributed by atoms with Crippen molar-refractivity contribution >= 4 is 17.4 Å². The lowest BCUT2D eigenvalue weighted by atomic mass is 10.1. The summed E-state index contributed by atoms with van der Waals surface area (Å²) in [4.78, 5) is 16.2. The Morgan fingerprint density at radius 3 is 2.61 bits per heavy atom. The second kappa shape index (κ2) is 8.90. The van der Waals surface area contributed by atoms with E-state index in [2.05, 4.69) is 39.9 Å². The molecule has 2 rings (SSSR count). The topological polar surface area (TPSA) is 74.2 Å². The normalized spacial score (nSPS) is 10.3. The number of amides is 1. The van der Waals surface area contributed by atoms with Crippen molar-refractivity contribution < 1.29 is 9.90 Å². The van der Waals surface area contributed by atoms with Gasteiger partial charge in [0.05, 0.1) is 11.9 Å². The van der Waals surface area contributed by atoms with E-state index in [0.29, 0.717) is 25.1 Å². The van der Waals surface area contributed by atoms with Crippen molar-refractivity contribution in [2.24, 2.45) is 0 Å². The summed E-state index contributed by atoms with van der Waals surface area (Å²) in [5.41, 5.74) is 3.07. The molecule has 1 amide bonds. The third-order valence-corrected chi connectivity index (χ3v) is 3.45. The van der Waals surface area contributed by atoms with Gasteiger partial charge in [-0.25, -0.2) is 4.98 Å². The zero-order valence-electron chi connectivity index (χ0n) is 13.4. The second-order valence-electron chi connectivity index (χ2n) is 5.47. The average Bonchev–Trinajstić information content (AvgIpc) is 2.56. The fourth-order valence-corrected chi connectivity index (χ4v) is 2.10. The van der Waals surface area contributed by atoms with Crippen LogP contribution in [0.25, 0.3) is 0 Å². The van der Waals surface area contributed by atoms with Crippen LogP contribution in [0.15, 0.2) is 42.6 Å². The molecule has 0 aliphatic carbocycles. The molecule has 0 saturated carbocycles. The first-order chi connectivity index (χ1) is 11.2. The summed E-state index contributed by atoms with van der Waals surface area (Å²) >= 11 is 0. The highest BCUT2D eigenvalue weighted by atomic mass is 16.3. The Bertz CT molecular complexity index is 609. The Balaban J connectivity index is 1.77.